The smallest absolute Gasteiger partial charge is 0.266 e. The summed E-state index contributed by atoms with van der Waals surface area (Å²) in [5.41, 5.74) is 9.14. The van der Waals surface area contributed by atoms with E-state index in [1.807, 2.05) is 0 Å². The van der Waals surface area contributed by atoms with Gasteiger partial charge in [-0.05, 0) is 37.3 Å². The van der Waals surface area contributed by atoms with E-state index in [1.165, 1.54) is 34.6 Å². The predicted molar refractivity (Wildman–Crippen MR) is 86.5 cm³/mol. The van der Waals surface area contributed by atoms with Gasteiger partial charge < -0.3 is 10.6 Å². The molecule has 0 atom stereocenters. The van der Waals surface area contributed by atoms with E-state index in [1.54, 1.807) is 7.05 Å². The highest BCUT2D eigenvalue weighted by molar-refractivity contribution is 7.21. The fourth-order valence-electron chi connectivity index (χ4n) is 2.70. The van der Waals surface area contributed by atoms with E-state index < -0.39 is 0 Å². The Balaban J connectivity index is 2.07. The number of hydrogen-bond donors (Lipinski definition) is 1. The van der Waals surface area contributed by atoms with Crippen LogP contribution in [0.4, 0.5) is 5.69 Å². The summed E-state index contributed by atoms with van der Waals surface area (Å²) in [6.45, 7) is 0.274. The Labute approximate surface area is 128 Å². The second kappa shape index (κ2) is 5.38. The number of hydrogen-bond acceptors (Lipinski definition) is 4. The summed E-state index contributed by atoms with van der Waals surface area (Å²) in [6, 6.07) is 2.11. The van der Waals surface area contributed by atoms with E-state index in [0.29, 0.717) is 10.6 Å². The Hall–Kier alpha value is -2.06. The molecule has 0 saturated carbocycles. The number of carbonyl (C=O) groups is 1. The molecule has 2 N–H and O–H groups in total. The number of pyridine rings is 1. The van der Waals surface area contributed by atoms with E-state index in [-0.39, 0.29) is 12.5 Å². The molecule has 0 aliphatic heterocycles. The van der Waals surface area contributed by atoms with Gasteiger partial charge in [-0.1, -0.05) is 5.92 Å². The van der Waals surface area contributed by atoms with Gasteiger partial charge in [0.1, 0.15) is 9.71 Å². The van der Waals surface area contributed by atoms with Gasteiger partial charge in [-0.2, -0.15) is 0 Å². The van der Waals surface area contributed by atoms with Gasteiger partial charge in [0.25, 0.3) is 5.91 Å². The fourth-order valence-corrected chi connectivity index (χ4v) is 3.79. The van der Waals surface area contributed by atoms with Gasteiger partial charge in [0, 0.05) is 18.1 Å². The largest absolute Gasteiger partial charge is 0.397 e. The van der Waals surface area contributed by atoms with E-state index in [4.69, 9.17) is 17.1 Å². The summed E-state index contributed by atoms with van der Waals surface area (Å²) in [4.78, 5) is 20.0. The normalized spacial score (nSPS) is 13.7. The molecule has 2 heterocycles. The van der Waals surface area contributed by atoms with Crippen LogP contribution in [0.15, 0.2) is 6.07 Å². The predicted octanol–water partition coefficient (Wildman–Crippen LogP) is 2.46. The minimum Gasteiger partial charge on any atom is -0.397 e. The monoisotopic (exact) mass is 299 g/mol. The SMILES string of the molecule is C#CCN(C)C(=O)c1sc2nc3c(cc2c1N)CCCC3. The molecule has 3 rings (SSSR count). The standard InChI is InChI=1S/C16H17N3OS/c1-3-8-19(2)16(20)14-13(17)11-9-10-6-4-5-7-12(10)18-15(11)21-14/h1,9H,4-8,17H2,2H3. The molecule has 0 spiro atoms. The van der Waals surface area contributed by atoms with E-state index in [0.717, 1.165) is 28.8 Å². The third-order valence-electron chi connectivity index (χ3n) is 3.87. The summed E-state index contributed by atoms with van der Waals surface area (Å²) in [6.07, 6.45) is 9.70. The highest BCUT2D eigenvalue weighted by atomic mass is 32.1. The zero-order chi connectivity index (χ0) is 15.0. The molecule has 2 aromatic heterocycles. The molecule has 0 unspecified atom stereocenters. The van der Waals surface area contributed by atoms with Crippen molar-refractivity contribution >= 4 is 33.1 Å². The van der Waals surface area contributed by atoms with Crippen LogP contribution in [0.1, 0.15) is 33.8 Å². The van der Waals surface area contributed by atoms with E-state index in [9.17, 15) is 4.79 Å². The number of carbonyl (C=O) groups excluding carboxylic acids is 1. The first-order valence-electron chi connectivity index (χ1n) is 7.01. The van der Waals surface area contributed by atoms with Crippen molar-refractivity contribution in [3.63, 3.8) is 0 Å². The van der Waals surface area contributed by atoms with Crippen molar-refractivity contribution < 1.29 is 4.79 Å². The van der Waals surface area contributed by atoms with Crippen LogP contribution in [-0.4, -0.2) is 29.4 Å². The van der Waals surface area contributed by atoms with Crippen molar-refractivity contribution in [2.75, 3.05) is 19.3 Å². The van der Waals surface area contributed by atoms with E-state index in [2.05, 4.69) is 12.0 Å². The lowest BCUT2D eigenvalue weighted by atomic mass is 9.95. The molecule has 0 radical (unpaired) electrons. The van der Waals surface area contributed by atoms with Crippen LogP contribution in [-0.2, 0) is 12.8 Å². The summed E-state index contributed by atoms with van der Waals surface area (Å²) in [5.74, 6) is 2.34. The van der Waals surface area contributed by atoms with Gasteiger partial charge in [-0.15, -0.1) is 17.8 Å². The number of fused-ring (bicyclic) bond motifs is 2. The van der Waals surface area contributed by atoms with Crippen LogP contribution in [0.25, 0.3) is 10.2 Å². The zero-order valence-corrected chi connectivity index (χ0v) is 12.8. The van der Waals surface area contributed by atoms with Crippen LogP contribution in [0.5, 0.6) is 0 Å². The van der Waals surface area contributed by atoms with Gasteiger partial charge in [0.2, 0.25) is 0 Å². The Morgan fingerprint density at radius 1 is 1.52 bits per heavy atom. The molecular formula is C16H17N3OS. The Bertz CT molecular complexity index is 757. The first-order valence-corrected chi connectivity index (χ1v) is 7.83. The molecule has 2 aromatic rings. The number of aromatic nitrogens is 1. The molecule has 5 heteroatoms. The van der Waals surface area contributed by atoms with Crippen molar-refractivity contribution in [3.8, 4) is 12.3 Å². The lowest BCUT2D eigenvalue weighted by Crippen LogP contribution is -2.26. The quantitative estimate of drug-likeness (QED) is 0.867. The number of aryl methyl sites for hydroxylation is 2. The topological polar surface area (TPSA) is 59.2 Å². The molecule has 21 heavy (non-hydrogen) atoms. The number of thiophene rings is 1. The maximum atomic E-state index is 12.4. The minimum atomic E-state index is -0.133. The first kappa shape index (κ1) is 13.9. The molecule has 0 fully saturated rings. The maximum absolute atomic E-state index is 12.4. The number of nitrogens with zero attached hydrogens (tertiary/aromatic N) is 2. The number of nitrogens with two attached hydrogens (primary N) is 1. The zero-order valence-electron chi connectivity index (χ0n) is 12.0. The fraction of sp³-hybridized carbons (Fsp3) is 0.375. The van der Waals surface area contributed by atoms with Crippen molar-refractivity contribution in [1.82, 2.24) is 9.88 Å². The Morgan fingerprint density at radius 3 is 3.05 bits per heavy atom. The second-order valence-electron chi connectivity index (χ2n) is 5.36. The van der Waals surface area contributed by atoms with Gasteiger partial charge in [0.05, 0.1) is 12.2 Å². The number of amides is 1. The van der Waals surface area contributed by atoms with Crippen LogP contribution in [0.3, 0.4) is 0 Å². The first-order chi connectivity index (χ1) is 10.1. The summed E-state index contributed by atoms with van der Waals surface area (Å²) >= 11 is 1.36. The summed E-state index contributed by atoms with van der Waals surface area (Å²) in [5, 5.41) is 0.901. The van der Waals surface area contributed by atoms with Crippen molar-refractivity contribution in [2.45, 2.75) is 25.7 Å². The average molecular weight is 299 g/mol. The summed E-state index contributed by atoms with van der Waals surface area (Å²) in [7, 11) is 1.68. The average Bonchev–Trinajstić information content (AvgIpc) is 2.81. The second-order valence-corrected chi connectivity index (χ2v) is 6.36. The molecule has 1 aliphatic carbocycles. The maximum Gasteiger partial charge on any atom is 0.266 e. The molecule has 0 saturated heterocycles. The van der Waals surface area contributed by atoms with Gasteiger partial charge in [-0.25, -0.2) is 4.98 Å². The number of anilines is 1. The van der Waals surface area contributed by atoms with Gasteiger partial charge in [0.15, 0.2) is 0 Å². The van der Waals surface area contributed by atoms with Crippen LogP contribution >= 0.6 is 11.3 Å². The van der Waals surface area contributed by atoms with Gasteiger partial charge in [-0.3, -0.25) is 4.79 Å². The molecular weight excluding hydrogens is 282 g/mol. The molecule has 1 amide bonds. The summed E-state index contributed by atoms with van der Waals surface area (Å²) < 4.78 is 0. The lowest BCUT2D eigenvalue weighted by Gasteiger charge is -2.14. The lowest BCUT2D eigenvalue weighted by molar-refractivity contribution is 0.0818. The number of terminal acetylenes is 1. The third kappa shape index (κ3) is 2.36. The number of nitrogen functional groups attached to an aromatic ring is 1. The highest BCUT2D eigenvalue weighted by Crippen LogP contribution is 2.35. The minimum absolute atomic E-state index is 0.133. The molecule has 4 nitrogen and oxygen atoms in total. The van der Waals surface area contributed by atoms with Crippen LogP contribution in [0.2, 0.25) is 0 Å². The van der Waals surface area contributed by atoms with Crippen LogP contribution < -0.4 is 5.73 Å². The molecule has 0 bridgehead atoms. The number of rotatable bonds is 2. The molecule has 0 aromatic carbocycles. The van der Waals surface area contributed by atoms with Crippen molar-refractivity contribution in [3.05, 3.63) is 22.2 Å². The Kier molecular flexibility index (Phi) is 3.56. The van der Waals surface area contributed by atoms with Crippen molar-refractivity contribution in [2.24, 2.45) is 0 Å². The van der Waals surface area contributed by atoms with E-state index >= 15 is 0 Å². The molecule has 108 valence electrons. The van der Waals surface area contributed by atoms with Crippen LogP contribution in [0, 0.1) is 12.3 Å². The Morgan fingerprint density at radius 2 is 2.29 bits per heavy atom. The van der Waals surface area contributed by atoms with Gasteiger partial charge >= 0.3 is 0 Å². The highest BCUT2D eigenvalue weighted by Gasteiger charge is 2.22. The van der Waals surface area contributed by atoms with Crippen molar-refractivity contribution in [1.29, 1.82) is 0 Å². The molecule has 1 aliphatic rings. The third-order valence-corrected chi connectivity index (χ3v) is 4.97.